The van der Waals surface area contributed by atoms with E-state index < -0.39 is 0 Å². The summed E-state index contributed by atoms with van der Waals surface area (Å²) >= 11 is 0. The maximum absolute atomic E-state index is 5.68. The third-order valence-electron chi connectivity index (χ3n) is 3.87. The second-order valence-corrected chi connectivity index (χ2v) is 5.93. The highest BCUT2D eigenvalue weighted by Crippen LogP contribution is 2.28. The number of hydrogen-bond acceptors (Lipinski definition) is 2. The molecule has 0 amide bonds. The summed E-state index contributed by atoms with van der Waals surface area (Å²) in [5, 5.41) is 6.76. The lowest BCUT2D eigenvalue weighted by atomic mass is 10.2. The van der Waals surface area contributed by atoms with Crippen LogP contribution in [-0.4, -0.2) is 38.3 Å². The first-order valence-electron chi connectivity index (χ1n) is 8.46. The van der Waals surface area contributed by atoms with E-state index in [9.17, 15) is 0 Å². The fourth-order valence-corrected chi connectivity index (χ4v) is 2.31. The summed E-state index contributed by atoms with van der Waals surface area (Å²) in [5.41, 5.74) is 1.33. The lowest BCUT2D eigenvalue weighted by Gasteiger charge is -2.10. The molecule has 4 nitrogen and oxygen atoms in total. The third kappa shape index (κ3) is 6.48. The standard InChI is InChI=1S/C18H29N3O/c1-3-19-18(21-17-14-15(17)2)20-11-7-12-22-13-10-16-8-5-4-6-9-16/h4-6,8-9,15,17H,3,7,10-14H2,1-2H3,(H2,19,20,21). The average Bonchev–Trinajstić information content (AvgIpc) is 3.22. The first-order chi connectivity index (χ1) is 10.8. The van der Waals surface area contributed by atoms with Gasteiger partial charge in [-0.1, -0.05) is 37.3 Å². The molecule has 0 aliphatic heterocycles. The van der Waals surface area contributed by atoms with Gasteiger partial charge < -0.3 is 15.4 Å². The number of ether oxygens (including phenoxy) is 1. The maximum atomic E-state index is 5.68. The fraction of sp³-hybridized carbons (Fsp3) is 0.611. The van der Waals surface area contributed by atoms with Gasteiger partial charge >= 0.3 is 0 Å². The maximum Gasteiger partial charge on any atom is 0.191 e. The minimum Gasteiger partial charge on any atom is -0.381 e. The zero-order valence-corrected chi connectivity index (χ0v) is 13.8. The first-order valence-corrected chi connectivity index (χ1v) is 8.46. The van der Waals surface area contributed by atoms with Gasteiger partial charge in [-0.05, 0) is 37.7 Å². The predicted molar refractivity (Wildman–Crippen MR) is 92.3 cm³/mol. The van der Waals surface area contributed by atoms with E-state index in [2.05, 4.69) is 53.7 Å². The molecule has 1 aromatic rings. The molecule has 4 heteroatoms. The minimum absolute atomic E-state index is 0.611. The molecule has 1 saturated carbocycles. The number of aliphatic imine (C=N–C) groups is 1. The molecule has 2 unspecified atom stereocenters. The van der Waals surface area contributed by atoms with Crippen molar-refractivity contribution in [1.29, 1.82) is 0 Å². The van der Waals surface area contributed by atoms with Crippen LogP contribution < -0.4 is 10.6 Å². The molecule has 0 spiro atoms. The highest BCUT2D eigenvalue weighted by molar-refractivity contribution is 5.80. The monoisotopic (exact) mass is 303 g/mol. The molecular formula is C18H29N3O. The Morgan fingerprint density at radius 1 is 1.27 bits per heavy atom. The molecule has 1 aliphatic carbocycles. The van der Waals surface area contributed by atoms with Crippen molar-refractivity contribution in [2.24, 2.45) is 10.9 Å². The molecule has 122 valence electrons. The van der Waals surface area contributed by atoms with Crippen LogP contribution in [0.4, 0.5) is 0 Å². The molecule has 0 aromatic heterocycles. The number of rotatable bonds is 9. The average molecular weight is 303 g/mol. The van der Waals surface area contributed by atoms with Gasteiger partial charge in [0.05, 0.1) is 6.61 Å². The lowest BCUT2D eigenvalue weighted by molar-refractivity contribution is 0.136. The fourth-order valence-electron chi connectivity index (χ4n) is 2.31. The summed E-state index contributed by atoms with van der Waals surface area (Å²) in [6, 6.07) is 11.1. The summed E-state index contributed by atoms with van der Waals surface area (Å²) < 4.78 is 5.68. The Balaban J connectivity index is 1.54. The predicted octanol–water partition coefficient (Wildman–Crippen LogP) is 2.60. The van der Waals surface area contributed by atoms with Crippen molar-refractivity contribution in [3.63, 3.8) is 0 Å². The van der Waals surface area contributed by atoms with Crippen LogP contribution >= 0.6 is 0 Å². The molecule has 22 heavy (non-hydrogen) atoms. The van der Waals surface area contributed by atoms with Gasteiger partial charge in [0.15, 0.2) is 5.96 Å². The Morgan fingerprint density at radius 2 is 2.05 bits per heavy atom. The molecule has 0 heterocycles. The van der Waals surface area contributed by atoms with Gasteiger partial charge in [-0.3, -0.25) is 4.99 Å². The van der Waals surface area contributed by atoms with E-state index in [4.69, 9.17) is 4.74 Å². The Bertz CT molecular complexity index is 447. The van der Waals surface area contributed by atoms with Crippen LogP contribution in [0.1, 0.15) is 32.3 Å². The zero-order chi connectivity index (χ0) is 15.6. The molecule has 2 N–H and O–H groups in total. The van der Waals surface area contributed by atoms with Crippen LogP contribution in [0.3, 0.4) is 0 Å². The number of benzene rings is 1. The van der Waals surface area contributed by atoms with Gasteiger partial charge in [-0.15, -0.1) is 0 Å². The van der Waals surface area contributed by atoms with Gasteiger partial charge in [0, 0.05) is 25.7 Å². The van der Waals surface area contributed by atoms with Gasteiger partial charge in [-0.25, -0.2) is 0 Å². The number of hydrogen-bond donors (Lipinski definition) is 2. The van der Waals surface area contributed by atoms with Crippen LogP contribution in [0, 0.1) is 5.92 Å². The van der Waals surface area contributed by atoms with Crippen molar-refractivity contribution in [3.8, 4) is 0 Å². The highest BCUT2D eigenvalue weighted by Gasteiger charge is 2.33. The normalized spacial score (nSPS) is 20.7. The van der Waals surface area contributed by atoms with E-state index >= 15 is 0 Å². The molecule has 0 radical (unpaired) electrons. The topological polar surface area (TPSA) is 45.7 Å². The van der Waals surface area contributed by atoms with E-state index in [0.717, 1.165) is 51.0 Å². The highest BCUT2D eigenvalue weighted by atomic mass is 16.5. The van der Waals surface area contributed by atoms with E-state index in [1.165, 1.54) is 12.0 Å². The summed E-state index contributed by atoms with van der Waals surface area (Å²) in [5.74, 6) is 1.73. The Morgan fingerprint density at radius 3 is 2.73 bits per heavy atom. The van der Waals surface area contributed by atoms with Crippen molar-refractivity contribution in [3.05, 3.63) is 35.9 Å². The minimum atomic E-state index is 0.611. The summed E-state index contributed by atoms with van der Waals surface area (Å²) in [4.78, 5) is 4.60. The van der Waals surface area contributed by atoms with Crippen molar-refractivity contribution in [2.45, 2.75) is 39.2 Å². The van der Waals surface area contributed by atoms with Gasteiger partial charge in [0.2, 0.25) is 0 Å². The van der Waals surface area contributed by atoms with Crippen molar-refractivity contribution in [1.82, 2.24) is 10.6 Å². The molecule has 1 aromatic carbocycles. The van der Waals surface area contributed by atoms with E-state index in [0.29, 0.717) is 6.04 Å². The Kier molecular flexibility index (Phi) is 7.23. The molecular weight excluding hydrogens is 274 g/mol. The SMILES string of the molecule is CCNC(=NCCCOCCc1ccccc1)NC1CC1C. The lowest BCUT2D eigenvalue weighted by Crippen LogP contribution is -2.39. The number of nitrogens with zero attached hydrogens (tertiary/aromatic N) is 1. The molecule has 2 rings (SSSR count). The molecule has 1 aliphatic rings. The second-order valence-electron chi connectivity index (χ2n) is 5.93. The van der Waals surface area contributed by atoms with Crippen LogP contribution in [0.15, 0.2) is 35.3 Å². The Labute approximate surface area is 134 Å². The van der Waals surface area contributed by atoms with Crippen LogP contribution in [0.2, 0.25) is 0 Å². The third-order valence-corrected chi connectivity index (χ3v) is 3.87. The summed E-state index contributed by atoms with van der Waals surface area (Å²) in [6.07, 6.45) is 3.20. The van der Waals surface area contributed by atoms with Crippen molar-refractivity contribution in [2.75, 3.05) is 26.3 Å². The molecule has 1 fully saturated rings. The van der Waals surface area contributed by atoms with E-state index in [1.54, 1.807) is 0 Å². The van der Waals surface area contributed by atoms with E-state index in [-0.39, 0.29) is 0 Å². The van der Waals surface area contributed by atoms with Gasteiger partial charge in [0.25, 0.3) is 0 Å². The molecule has 0 bridgehead atoms. The molecule has 2 atom stereocenters. The van der Waals surface area contributed by atoms with Crippen LogP contribution in [0.5, 0.6) is 0 Å². The quantitative estimate of drug-likeness (QED) is 0.419. The van der Waals surface area contributed by atoms with Gasteiger partial charge in [-0.2, -0.15) is 0 Å². The van der Waals surface area contributed by atoms with Crippen LogP contribution in [-0.2, 0) is 11.2 Å². The zero-order valence-electron chi connectivity index (χ0n) is 13.8. The summed E-state index contributed by atoms with van der Waals surface area (Å²) in [6.45, 7) is 7.63. The number of guanidine groups is 1. The van der Waals surface area contributed by atoms with E-state index in [1.807, 2.05) is 6.07 Å². The van der Waals surface area contributed by atoms with Crippen molar-refractivity contribution >= 4 is 5.96 Å². The largest absolute Gasteiger partial charge is 0.381 e. The van der Waals surface area contributed by atoms with Gasteiger partial charge in [0.1, 0.15) is 0 Å². The number of nitrogens with one attached hydrogen (secondary N) is 2. The summed E-state index contributed by atoms with van der Waals surface area (Å²) in [7, 11) is 0. The first kappa shape index (κ1) is 16.8. The second kappa shape index (κ2) is 9.46. The smallest absolute Gasteiger partial charge is 0.191 e. The van der Waals surface area contributed by atoms with Crippen molar-refractivity contribution < 1.29 is 4.74 Å². The molecule has 0 saturated heterocycles. The van der Waals surface area contributed by atoms with Crippen LogP contribution in [0.25, 0.3) is 0 Å². The Hall–Kier alpha value is -1.55.